The SMILES string of the molecule is CCN1CCN(Cc2cnc3c(C(=O)O)cccn23)CC1. The molecule has 0 amide bonds. The molecule has 0 aliphatic carbocycles. The molecule has 0 aromatic carbocycles. The van der Waals surface area contributed by atoms with Crippen molar-refractivity contribution in [1.82, 2.24) is 19.2 Å². The second kappa shape index (κ2) is 5.83. The summed E-state index contributed by atoms with van der Waals surface area (Å²) >= 11 is 0. The molecule has 0 atom stereocenters. The highest BCUT2D eigenvalue weighted by molar-refractivity contribution is 5.94. The van der Waals surface area contributed by atoms with Crippen molar-refractivity contribution < 1.29 is 9.90 Å². The van der Waals surface area contributed by atoms with Crippen LogP contribution in [0.5, 0.6) is 0 Å². The third-order valence-electron chi connectivity index (χ3n) is 4.14. The molecule has 6 nitrogen and oxygen atoms in total. The van der Waals surface area contributed by atoms with E-state index in [-0.39, 0.29) is 5.56 Å². The summed E-state index contributed by atoms with van der Waals surface area (Å²) in [6, 6.07) is 3.35. The number of piperazine rings is 1. The van der Waals surface area contributed by atoms with Crippen LogP contribution in [0.2, 0.25) is 0 Å². The Labute approximate surface area is 123 Å². The maximum Gasteiger partial charge on any atom is 0.339 e. The van der Waals surface area contributed by atoms with Gasteiger partial charge in [-0.3, -0.25) is 4.90 Å². The third-order valence-corrected chi connectivity index (χ3v) is 4.14. The fraction of sp³-hybridized carbons (Fsp3) is 0.467. The highest BCUT2D eigenvalue weighted by Crippen LogP contribution is 2.14. The van der Waals surface area contributed by atoms with Crippen LogP contribution in [0.15, 0.2) is 24.5 Å². The highest BCUT2D eigenvalue weighted by Gasteiger charge is 2.18. The Balaban J connectivity index is 1.79. The first kappa shape index (κ1) is 14.0. The zero-order chi connectivity index (χ0) is 14.8. The lowest BCUT2D eigenvalue weighted by Gasteiger charge is -2.33. The maximum absolute atomic E-state index is 11.2. The average molecular weight is 288 g/mol. The smallest absolute Gasteiger partial charge is 0.339 e. The van der Waals surface area contributed by atoms with Gasteiger partial charge in [-0.2, -0.15) is 0 Å². The summed E-state index contributed by atoms with van der Waals surface area (Å²) in [6.45, 7) is 8.36. The van der Waals surface area contributed by atoms with E-state index >= 15 is 0 Å². The molecule has 0 radical (unpaired) electrons. The van der Waals surface area contributed by atoms with E-state index in [1.807, 2.05) is 10.6 Å². The number of aromatic carboxylic acids is 1. The molecule has 6 heteroatoms. The number of aromatic nitrogens is 2. The summed E-state index contributed by atoms with van der Waals surface area (Å²) < 4.78 is 1.88. The van der Waals surface area contributed by atoms with Crippen LogP contribution in [-0.2, 0) is 6.54 Å². The summed E-state index contributed by atoms with van der Waals surface area (Å²) in [5.41, 5.74) is 1.81. The van der Waals surface area contributed by atoms with Crippen molar-refractivity contribution >= 4 is 11.6 Å². The van der Waals surface area contributed by atoms with Crippen molar-refractivity contribution in [2.24, 2.45) is 0 Å². The lowest BCUT2D eigenvalue weighted by atomic mass is 10.2. The molecule has 3 heterocycles. The van der Waals surface area contributed by atoms with Crippen LogP contribution in [-0.4, -0.2) is 63.0 Å². The summed E-state index contributed by atoms with van der Waals surface area (Å²) in [6.07, 6.45) is 3.67. The number of carbonyl (C=O) groups is 1. The summed E-state index contributed by atoms with van der Waals surface area (Å²) in [5.74, 6) is -0.936. The van der Waals surface area contributed by atoms with Gasteiger partial charge in [-0.05, 0) is 18.7 Å². The van der Waals surface area contributed by atoms with Crippen molar-refractivity contribution in [1.29, 1.82) is 0 Å². The molecule has 2 aromatic rings. The molecule has 1 aliphatic rings. The number of pyridine rings is 1. The van der Waals surface area contributed by atoms with Crippen molar-refractivity contribution in [2.75, 3.05) is 32.7 Å². The Kier molecular flexibility index (Phi) is 3.90. The molecule has 1 aliphatic heterocycles. The zero-order valence-corrected chi connectivity index (χ0v) is 12.2. The van der Waals surface area contributed by atoms with Crippen LogP contribution < -0.4 is 0 Å². The van der Waals surface area contributed by atoms with Gasteiger partial charge in [0.25, 0.3) is 0 Å². The maximum atomic E-state index is 11.2. The van der Waals surface area contributed by atoms with E-state index in [0.717, 1.165) is 45.0 Å². The Bertz CT molecular complexity index is 644. The van der Waals surface area contributed by atoms with Gasteiger partial charge in [0.1, 0.15) is 5.56 Å². The molecular weight excluding hydrogens is 268 g/mol. The molecule has 112 valence electrons. The monoisotopic (exact) mass is 288 g/mol. The van der Waals surface area contributed by atoms with Crippen molar-refractivity contribution in [3.05, 3.63) is 35.8 Å². The molecule has 3 rings (SSSR count). The van der Waals surface area contributed by atoms with E-state index < -0.39 is 5.97 Å². The number of carboxylic acids is 1. The minimum absolute atomic E-state index is 0.250. The third kappa shape index (κ3) is 2.77. The van der Waals surface area contributed by atoms with Gasteiger partial charge in [-0.1, -0.05) is 6.92 Å². The fourth-order valence-corrected chi connectivity index (χ4v) is 2.84. The molecule has 1 fully saturated rings. The van der Waals surface area contributed by atoms with Crippen LogP contribution in [0.4, 0.5) is 0 Å². The highest BCUT2D eigenvalue weighted by atomic mass is 16.4. The molecule has 0 saturated carbocycles. The van der Waals surface area contributed by atoms with Gasteiger partial charge in [-0.25, -0.2) is 9.78 Å². The van der Waals surface area contributed by atoms with Gasteiger partial charge < -0.3 is 14.4 Å². The number of fused-ring (bicyclic) bond motifs is 1. The minimum Gasteiger partial charge on any atom is -0.478 e. The van der Waals surface area contributed by atoms with Crippen molar-refractivity contribution in [3.8, 4) is 0 Å². The second-order valence-corrected chi connectivity index (χ2v) is 5.38. The number of likely N-dealkylation sites (N-methyl/N-ethyl adjacent to an activating group) is 1. The number of hydrogen-bond acceptors (Lipinski definition) is 4. The first-order valence-corrected chi connectivity index (χ1v) is 7.32. The molecule has 0 spiro atoms. The van der Waals surface area contributed by atoms with E-state index in [1.54, 1.807) is 18.3 Å². The van der Waals surface area contributed by atoms with Gasteiger partial charge >= 0.3 is 5.97 Å². The average Bonchev–Trinajstić information content (AvgIpc) is 2.91. The fourth-order valence-electron chi connectivity index (χ4n) is 2.84. The van der Waals surface area contributed by atoms with Gasteiger partial charge in [0.2, 0.25) is 0 Å². The lowest BCUT2D eigenvalue weighted by Crippen LogP contribution is -2.45. The summed E-state index contributed by atoms with van der Waals surface area (Å²) in [5, 5.41) is 9.20. The molecule has 0 bridgehead atoms. The van der Waals surface area contributed by atoms with Gasteiger partial charge in [-0.15, -0.1) is 0 Å². The Hall–Kier alpha value is -1.92. The van der Waals surface area contributed by atoms with Crippen LogP contribution in [0.1, 0.15) is 23.0 Å². The Morgan fingerprint density at radius 2 is 2.00 bits per heavy atom. The van der Waals surface area contributed by atoms with E-state index in [9.17, 15) is 9.90 Å². The van der Waals surface area contributed by atoms with Crippen LogP contribution in [0.3, 0.4) is 0 Å². The molecule has 21 heavy (non-hydrogen) atoms. The Morgan fingerprint density at radius 1 is 1.29 bits per heavy atom. The number of imidazole rings is 1. The molecule has 2 aromatic heterocycles. The van der Waals surface area contributed by atoms with E-state index in [0.29, 0.717) is 5.65 Å². The van der Waals surface area contributed by atoms with E-state index in [1.165, 1.54) is 0 Å². The van der Waals surface area contributed by atoms with Crippen molar-refractivity contribution in [2.45, 2.75) is 13.5 Å². The Morgan fingerprint density at radius 3 is 2.67 bits per heavy atom. The quantitative estimate of drug-likeness (QED) is 0.915. The molecular formula is C15H20N4O2. The molecule has 1 N–H and O–H groups in total. The predicted molar refractivity (Wildman–Crippen MR) is 79.5 cm³/mol. The number of nitrogens with zero attached hydrogens (tertiary/aromatic N) is 4. The van der Waals surface area contributed by atoms with E-state index in [2.05, 4.69) is 21.7 Å². The number of carboxylic acid groups (broad SMARTS) is 1. The van der Waals surface area contributed by atoms with Gasteiger partial charge in [0.05, 0.1) is 11.9 Å². The van der Waals surface area contributed by atoms with Crippen LogP contribution in [0.25, 0.3) is 5.65 Å². The first-order valence-electron chi connectivity index (χ1n) is 7.32. The van der Waals surface area contributed by atoms with Gasteiger partial charge in [0.15, 0.2) is 5.65 Å². The van der Waals surface area contributed by atoms with Gasteiger partial charge in [0, 0.05) is 38.9 Å². The topological polar surface area (TPSA) is 61.1 Å². The standard InChI is InChI=1S/C15H20N4O2/c1-2-17-6-8-18(9-7-17)11-12-10-16-14-13(15(20)21)4-3-5-19(12)14/h3-5,10H,2,6-9,11H2,1H3,(H,20,21). The lowest BCUT2D eigenvalue weighted by molar-refractivity contribution is 0.0698. The zero-order valence-electron chi connectivity index (χ0n) is 12.2. The summed E-state index contributed by atoms with van der Waals surface area (Å²) in [4.78, 5) is 20.3. The van der Waals surface area contributed by atoms with E-state index in [4.69, 9.17) is 0 Å². The molecule has 0 unspecified atom stereocenters. The number of rotatable bonds is 4. The van der Waals surface area contributed by atoms with Crippen molar-refractivity contribution in [3.63, 3.8) is 0 Å². The second-order valence-electron chi connectivity index (χ2n) is 5.38. The first-order chi connectivity index (χ1) is 10.2. The molecule has 1 saturated heterocycles. The largest absolute Gasteiger partial charge is 0.478 e. The minimum atomic E-state index is -0.936. The number of hydrogen-bond donors (Lipinski definition) is 1. The van der Waals surface area contributed by atoms with Crippen LogP contribution in [0, 0.1) is 0 Å². The van der Waals surface area contributed by atoms with Crippen LogP contribution >= 0.6 is 0 Å². The predicted octanol–water partition coefficient (Wildman–Crippen LogP) is 1.17. The summed E-state index contributed by atoms with van der Waals surface area (Å²) in [7, 11) is 0. The normalized spacial score (nSPS) is 17.4.